The highest BCUT2D eigenvalue weighted by molar-refractivity contribution is 6.01. The van der Waals surface area contributed by atoms with Gasteiger partial charge in [-0.2, -0.15) is 26.3 Å². The summed E-state index contributed by atoms with van der Waals surface area (Å²) in [4.78, 5) is 61.6. The molecule has 0 saturated heterocycles. The van der Waals surface area contributed by atoms with Crippen molar-refractivity contribution in [1.82, 2.24) is 15.2 Å². The molecule has 10 nitrogen and oxygen atoms in total. The van der Waals surface area contributed by atoms with E-state index in [9.17, 15) is 55.4 Å². The number of rotatable bonds is 13. The summed E-state index contributed by atoms with van der Waals surface area (Å²) in [6.07, 6.45) is -7.44. The van der Waals surface area contributed by atoms with Crippen LogP contribution in [-0.2, 0) is 33.3 Å². The third-order valence-corrected chi connectivity index (χ3v) is 5.98. The van der Waals surface area contributed by atoms with Crippen LogP contribution in [0.25, 0.3) is 0 Å². The number of alkyl halides is 6. The van der Waals surface area contributed by atoms with Gasteiger partial charge in [0.1, 0.15) is 18.3 Å². The number of benzene rings is 1. The van der Waals surface area contributed by atoms with Crippen molar-refractivity contribution in [3.63, 3.8) is 0 Å². The lowest BCUT2D eigenvalue weighted by Crippen LogP contribution is -2.44. The van der Waals surface area contributed by atoms with Gasteiger partial charge in [0.15, 0.2) is 0 Å². The molecule has 1 aromatic heterocycles. The number of nitrogens with one attached hydrogen (secondary N) is 3. The van der Waals surface area contributed by atoms with E-state index in [4.69, 9.17) is 0 Å². The lowest BCUT2D eigenvalue weighted by molar-refractivity contribution is -0.297. The molecule has 3 amide bonds. The second kappa shape index (κ2) is 15.2. The van der Waals surface area contributed by atoms with Gasteiger partial charge in [0.25, 0.3) is 11.5 Å². The predicted molar refractivity (Wildman–Crippen MR) is 143 cm³/mol. The van der Waals surface area contributed by atoms with Gasteiger partial charge in [0, 0.05) is 18.3 Å². The van der Waals surface area contributed by atoms with Crippen LogP contribution in [0.1, 0.15) is 54.6 Å². The van der Waals surface area contributed by atoms with E-state index in [0.717, 1.165) is 10.6 Å². The lowest BCUT2D eigenvalue weighted by atomic mass is 10.0. The van der Waals surface area contributed by atoms with Gasteiger partial charge in [0.2, 0.25) is 11.8 Å². The summed E-state index contributed by atoms with van der Waals surface area (Å²) in [5, 5.41) is 17.6. The maximum absolute atomic E-state index is 13.3. The third-order valence-electron chi connectivity index (χ3n) is 5.98. The Morgan fingerprint density at radius 3 is 2.14 bits per heavy atom. The molecule has 3 N–H and O–H groups in total. The number of hydrogen-bond acceptors (Lipinski definition) is 6. The van der Waals surface area contributed by atoms with E-state index >= 15 is 0 Å². The molecule has 16 heteroatoms. The molecule has 2 aromatic rings. The van der Waals surface area contributed by atoms with Crippen LogP contribution in [0.2, 0.25) is 0 Å². The molecule has 1 aromatic carbocycles. The number of allylic oxidation sites excluding steroid dienone is 1. The Bertz CT molecular complexity index is 1420. The highest BCUT2D eigenvalue weighted by Gasteiger charge is 2.38. The number of carboxylic acid groups (broad SMARTS) is 1. The van der Waals surface area contributed by atoms with Gasteiger partial charge in [-0.05, 0) is 61.6 Å². The molecule has 0 fully saturated rings. The van der Waals surface area contributed by atoms with Gasteiger partial charge >= 0.3 is 12.4 Å². The summed E-state index contributed by atoms with van der Waals surface area (Å²) in [6.45, 7) is 3.88. The average Bonchev–Trinajstić information content (AvgIpc) is 2.90. The average molecular weight is 632 g/mol. The molecule has 0 saturated carbocycles. The standard InChI is InChI=1S/C28H30F6N4O6/c1-16(2)9-10-35-22(39)15-38-11-5-7-21(26(38)44)37-25(43)20(6-3-4-8-23(40)41)36-24(42)17-12-18(27(29,30)31)14-19(13-17)28(32,33)34/h4-5,7-8,11-14,16,20H,3,6,9-10,15H2,1-2H3,(H,35,39)(H,36,42)(H,37,43)(H,40,41)/p-1. The molecular formula is C28H29F6N4O6-. The van der Waals surface area contributed by atoms with Crippen LogP contribution in [0.4, 0.5) is 32.0 Å². The maximum atomic E-state index is 13.3. The third kappa shape index (κ3) is 11.2. The minimum atomic E-state index is -5.23. The van der Waals surface area contributed by atoms with Gasteiger partial charge in [-0.15, -0.1) is 0 Å². The SMILES string of the molecule is CC(C)CCNC(=O)Cn1cccc(NC(=O)C(CCC=CC(=O)[O-])NC(=O)c2cc(C(F)(F)F)cc(C(F)(F)F)c2)c1=O. The molecule has 44 heavy (non-hydrogen) atoms. The van der Waals surface area contributed by atoms with Gasteiger partial charge < -0.3 is 30.4 Å². The first-order valence-electron chi connectivity index (χ1n) is 13.1. The summed E-state index contributed by atoms with van der Waals surface area (Å²) >= 11 is 0. The molecule has 0 aliphatic carbocycles. The van der Waals surface area contributed by atoms with Crippen LogP contribution in [-0.4, -0.2) is 40.8 Å². The fraction of sp³-hybridized carbons (Fsp3) is 0.393. The van der Waals surface area contributed by atoms with Crippen molar-refractivity contribution >= 4 is 29.4 Å². The Hall–Kier alpha value is -4.63. The first-order valence-corrected chi connectivity index (χ1v) is 13.1. The summed E-state index contributed by atoms with van der Waals surface area (Å²) in [5.74, 6) is -4.33. The topological polar surface area (TPSA) is 149 Å². The normalized spacial score (nSPS) is 12.7. The summed E-state index contributed by atoms with van der Waals surface area (Å²) < 4.78 is 80.6. The Kier molecular flexibility index (Phi) is 12.3. The first-order chi connectivity index (χ1) is 20.4. The van der Waals surface area contributed by atoms with Gasteiger partial charge in [-0.3, -0.25) is 19.2 Å². The van der Waals surface area contributed by atoms with Crippen molar-refractivity contribution < 1.29 is 50.6 Å². The molecule has 240 valence electrons. The van der Waals surface area contributed by atoms with E-state index in [0.29, 0.717) is 25.0 Å². The number of hydrogen-bond donors (Lipinski definition) is 3. The van der Waals surface area contributed by atoms with E-state index in [1.807, 2.05) is 19.2 Å². The second-order valence-corrected chi connectivity index (χ2v) is 10.00. The smallest absolute Gasteiger partial charge is 0.416 e. The molecule has 0 bridgehead atoms. The zero-order valence-electron chi connectivity index (χ0n) is 23.5. The number of carboxylic acids is 1. The van der Waals surface area contributed by atoms with Gasteiger partial charge in [0.05, 0.1) is 17.1 Å². The number of amides is 3. The molecule has 1 atom stereocenters. The number of aliphatic carboxylic acids is 1. The summed E-state index contributed by atoms with van der Waals surface area (Å²) in [5.41, 5.74) is -5.74. The number of halogens is 6. The van der Waals surface area contributed by atoms with E-state index in [1.54, 1.807) is 0 Å². The van der Waals surface area contributed by atoms with Gasteiger partial charge in [-0.25, -0.2) is 0 Å². The number of carbonyl (C=O) groups excluding carboxylic acids is 4. The number of carbonyl (C=O) groups is 4. The van der Waals surface area contributed by atoms with Crippen LogP contribution < -0.4 is 26.6 Å². The van der Waals surface area contributed by atoms with Crippen molar-refractivity contribution in [3.05, 3.63) is 75.7 Å². The van der Waals surface area contributed by atoms with Crippen molar-refractivity contribution in [2.45, 2.75) is 58.0 Å². The molecule has 0 aliphatic rings. The van der Waals surface area contributed by atoms with Crippen molar-refractivity contribution in [1.29, 1.82) is 0 Å². The molecule has 2 rings (SSSR count). The van der Waals surface area contributed by atoms with Crippen molar-refractivity contribution in [3.8, 4) is 0 Å². The zero-order chi connectivity index (χ0) is 33.2. The van der Waals surface area contributed by atoms with E-state index < -0.39 is 70.9 Å². The van der Waals surface area contributed by atoms with Gasteiger partial charge in [-0.1, -0.05) is 19.9 Å². The minimum absolute atomic E-state index is 0.170. The molecule has 0 radical (unpaired) electrons. The Morgan fingerprint density at radius 2 is 1.59 bits per heavy atom. The monoisotopic (exact) mass is 631 g/mol. The van der Waals surface area contributed by atoms with E-state index in [2.05, 4.69) is 10.6 Å². The first kappa shape index (κ1) is 35.6. The summed E-state index contributed by atoms with van der Waals surface area (Å²) in [6, 6.07) is 1.03. The van der Waals surface area contributed by atoms with Crippen LogP contribution in [0, 0.1) is 5.92 Å². The van der Waals surface area contributed by atoms with Crippen LogP contribution >= 0.6 is 0 Å². The van der Waals surface area contributed by atoms with E-state index in [-0.39, 0.29) is 36.7 Å². The highest BCUT2D eigenvalue weighted by Crippen LogP contribution is 2.36. The Balaban J connectivity index is 2.33. The van der Waals surface area contributed by atoms with Crippen molar-refractivity contribution in [2.24, 2.45) is 5.92 Å². The fourth-order valence-electron chi connectivity index (χ4n) is 3.73. The highest BCUT2D eigenvalue weighted by atomic mass is 19.4. The molecule has 1 unspecified atom stereocenters. The van der Waals surface area contributed by atoms with E-state index in [1.165, 1.54) is 18.3 Å². The molecule has 1 heterocycles. The van der Waals surface area contributed by atoms with Crippen LogP contribution in [0.5, 0.6) is 0 Å². The molecule has 0 spiro atoms. The minimum Gasteiger partial charge on any atom is -0.545 e. The Morgan fingerprint density at radius 1 is 0.977 bits per heavy atom. The maximum Gasteiger partial charge on any atom is 0.416 e. The second-order valence-electron chi connectivity index (χ2n) is 10.00. The van der Waals surface area contributed by atoms with Crippen molar-refractivity contribution in [2.75, 3.05) is 11.9 Å². The summed E-state index contributed by atoms with van der Waals surface area (Å²) in [7, 11) is 0. The fourth-order valence-corrected chi connectivity index (χ4v) is 3.73. The quantitative estimate of drug-likeness (QED) is 0.229. The van der Waals surface area contributed by atoms with Crippen LogP contribution in [0.3, 0.4) is 0 Å². The Labute approximate surface area is 247 Å². The predicted octanol–water partition coefficient (Wildman–Crippen LogP) is 2.87. The van der Waals surface area contributed by atoms with Crippen LogP contribution in [0.15, 0.2) is 53.5 Å². The number of nitrogens with zero attached hydrogens (tertiary/aromatic N) is 1. The number of pyridine rings is 1. The molecule has 0 aliphatic heterocycles. The lowest BCUT2D eigenvalue weighted by Gasteiger charge is -2.19. The number of aromatic nitrogens is 1. The molecular weight excluding hydrogens is 602 g/mol. The number of anilines is 1. The largest absolute Gasteiger partial charge is 0.545 e. The zero-order valence-corrected chi connectivity index (χ0v) is 23.5.